The summed E-state index contributed by atoms with van der Waals surface area (Å²) in [7, 11) is 0. The van der Waals surface area contributed by atoms with Gasteiger partial charge in [0.2, 0.25) is 0 Å². The predicted octanol–water partition coefficient (Wildman–Crippen LogP) is 5.20. The minimum atomic E-state index is -0.254. The zero-order valence-electron chi connectivity index (χ0n) is 11.1. The monoisotopic (exact) mass is 298 g/mol. The average molecular weight is 299 g/mol. The molecule has 2 nitrogen and oxygen atoms in total. The molecule has 0 aliphatic rings. The van der Waals surface area contributed by atoms with Crippen LogP contribution >= 0.6 is 11.6 Å². The topological polar surface area (TPSA) is 28.7 Å². The number of para-hydroxylation sites is 1. The van der Waals surface area contributed by atoms with Crippen molar-refractivity contribution < 1.29 is 4.39 Å². The lowest BCUT2D eigenvalue weighted by Gasteiger charge is -1.91. The Balaban J connectivity index is 0.000000126. The number of H-pyrrole nitrogens is 1. The lowest BCUT2D eigenvalue weighted by atomic mass is 10.2. The van der Waals surface area contributed by atoms with Crippen molar-refractivity contribution in [3.63, 3.8) is 0 Å². The summed E-state index contributed by atoms with van der Waals surface area (Å²) in [5.41, 5.74) is 1.79. The average Bonchev–Trinajstić information content (AvgIpc) is 2.87. The quantitative estimate of drug-likeness (QED) is 0.475. The molecule has 21 heavy (non-hydrogen) atoms. The van der Waals surface area contributed by atoms with E-state index in [2.05, 4.69) is 22.1 Å². The molecule has 0 atom stereocenters. The van der Waals surface area contributed by atoms with E-state index >= 15 is 0 Å². The summed E-state index contributed by atoms with van der Waals surface area (Å²) >= 11 is 5.66. The van der Waals surface area contributed by atoms with Gasteiger partial charge in [-0.15, -0.1) is 0 Å². The molecule has 0 aliphatic carbocycles. The molecule has 0 spiro atoms. The van der Waals surface area contributed by atoms with Gasteiger partial charge >= 0.3 is 0 Å². The Bertz CT molecular complexity index is 821. The second-order valence-corrected chi connectivity index (χ2v) is 4.95. The molecule has 0 fully saturated rings. The molecule has 1 N–H and O–H groups in total. The second kappa shape index (κ2) is 5.94. The highest BCUT2D eigenvalue weighted by molar-refractivity contribution is 6.30. The summed E-state index contributed by atoms with van der Waals surface area (Å²) in [6, 6.07) is 18.4. The third kappa shape index (κ3) is 3.20. The van der Waals surface area contributed by atoms with E-state index in [9.17, 15) is 4.39 Å². The fourth-order valence-electron chi connectivity index (χ4n) is 2.08. The van der Waals surface area contributed by atoms with Crippen LogP contribution in [0.25, 0.3) is 21.8 Å². The number of halogens is 2. The van der Waals surface area contributed by atoms with Crippen LogP contribution in [0, 0.1) is 5.82 Å². The molecule has 0 aliphatic heterocycles. The largest absolute Gasteiger partial charge is 0.346 e. The molecule has 0 bridgehead atoms. The zero-order chi connectivity index (χ0) is 14.7. The van der Waals surface area contributed by atoms with Crippen LogP contribution < -0.4 is 0 Å². The van der Waals surface area contributed by atoms with E-state index in [0.29, 0.717) is 5.15 Å². The van der Waals surface area contributed by atoms with Gasteiger partial charge in [-0.05, 0) is 36.4 Å². The molecule has 2 aromatic carbocycles. The summed E-state index contributed by atoms with van der Waals surface area (Å²) in [5.74, 6) is -0.254. The number of fused-ring (bicyclic) bond motifs is 2. The molecule has 104 valence electrons. The molecule has 4 aromatic rings. The summed E-state index contributed by atoms with van der Waals surface area (Å²) in [6.07, 6.45) is 1.81. The highest BCUT2D eigenvalue weighted by Crippen LogP contribution is 2.19. The third-order valence-electron chi connectivity index (χ3n) is 3.06. The van der Waals surface area contributed by atoms with E-state index < -0.39 is 0 Å². The molecule has 0 radical (unpaired) electrons. The lowest BCUT2D eigenvalue weighted by molar-refractivity contribution is 0.629. The lowest BCUT2D eigenvalue weighted by Crippen LogP contribution is -1.73. The van der Waals surface area contributed by atoms with Crippen LogP contribution in [0.3, 0.4) is 0 Å². The molecule has 0 saturated heterocycles. The van der Waals surface area contributed by atoms with Gasteiger partial charge in [0.25, 0.3) is 0 Å². The van der Waals surface area contributed by atoms with E-state index in [1.807, 2.05) is 30.5 Å². The van der Waals surface area contributed by atoms with Crippen LogP contribution in [-0.4, -0.2) is 9.97 Å². The molecule has 4 heteroatoms. The van der Waals surface area contributed by atoms with Crippen molar-refractivity contribution in [2.75, 3.05) is 0 Å². The summed E-state index contributed by atoms with van der Waals surface area (Å²) in [6.45, 7) is 0. The molecule has 2 aromatic heterocycles. The number of nitrogens with one attached hydrogen (secondary N) is 1. The SMILES string of the molecule is Fc1ccc2cc(Cl)[nH]c2c1.c1ccc2ncccc2c1. The number of benzene rings is 2. The first-order valence-corrected chi connectivity index (χ1v) is 6.84. The molecule has 0 amide bonds. The van der Waals surface area contributed by atoms with E-state index in [1.165, 1.54) is 17.5 Å². The number of aromatic amines is 1. The van der Waals surface area contributed by atoms with Crippen LogP contribution in [0.2, 0.25) is 5.15 Å². The summed E-state index contributed by atoms with van der Waals surface area (Å²) in [5, 5.41) is 2.66. The number of pyridine rings is 1. The smallest absolute Gasteiger partial charge is 0.125 e. The second-order valence-electron chi connectivity index (χ2n) is 4.54. The highest BCUT2D eigenvalue weighted by Gasteiger charge is 1.98. The van der Waals surface area contributed by atoms with Gasteiger partial charge in [-0.1, -0.05) is 35.9 Å². The first-order valence-electron chi connectivity index (χ1n) is 6.46. The third-order valence-corrected chi connectivity index (χ3v) is 3.27. The zero-order valence-corrected chi connectivity index (χ0v) is 11.8. The minimum absolute atomic E-state index is 0.254. The summed E-state index contributed by atoms with van der Waals surface area (Å²) in [4.78, 5) is 7.01. The first-order chi connectivity index (χ1) is 10.2. The predicted molar refractivity (Wildman–Crippen MR) is 85.0 cm³/mol. The van der Waals surface area contributed by atoms with Crippen molar-refractivity contribution >= 4 is 33.4 Å². The van der Waals surface area contributed by atoms with Crippen LogP contribution in [0.4, 0.5) is 4.39 Å². The van der Waals surface area contributed by atoms with Crippen molar-refractivity contribution in [1.82, 2.24) is 9.97 Å². The van der Waals surface area contributed by atoms with Crippen molar-refractivity contribution in [3.05, 3.63) is 77.8 Å². The Morgan fingerprint density at radius 3 is 2.57 bits per heavy atom. The van der Waals surface area contributed by atoms with Crippen molar-refractivity contribution in [2.24, 2.45) is 0 Å². The van der Waals surface area contributed by atoms with Gasteiger partial charge in [-0.3, -0.25) is 4.98 Å². The van der Waals surface area contributed by atoms with Crippen LogP contribution in [0.1, 0.15) is 0 Å². The van der Waals surface area contributed by atoms with Crippen LogP contribution in [-0.2, 0) is 0 Å². The van der Waals surface area contributed by atoms with Gasteiger partial charge in [0.05, 0.1) is 5.52 Å². The van der Waals surface area contributed by atoms with E-state index in [-0.39, 0.29) is 5.82 Å². The number of rotatable bonds is 0. The van der Waals surface area contributed by atoms with E-state index in [4.69, 9.17) is 11.6 Å². The van der Waals surface area contributed by atoms with Crippen LogP contribution in [0.5, 0.6) is 0 Å². The first kappa shape index (κ1) is 13.6. The molecular formula is C17H12ClFN2. The van der Waals surface area contributed by atoms with E-state index in [1.54, 1.807) is 12.1 Å². The fraction of sp³-hybridized carbons (Fsp3) is 0. The molecule has 0 saturated carbocycles. The Kier molecular flexibility index (Phi) is 3.84. The minimum Gasteiger partial charge on any atom is -0.346 e. The number of aromatic nitrogens is 2. The Morgan fingerprint density at radius 1 is 0.905 bits per heavy atom. The normalized spacial score (nSPS) is 10.4. The maximum atomic E-state index is 12.6. The Labute approximate surface area is 126 Å². The highest BCUT2D eigenvalue weighted by atomic mass is 35.5. The fourth-order valence-corrected chi connectivity index (χ4v) is 2.30. The van der Waals surface area contributed by atoms with Crippen molar-refractivity contribution in [1.29, 1.82) is 0 Å². The molecule has 0 unspecified atom stereocenters. The van der Waals surface area contributed by atoms with Gasteiger partial charge in [-0.25, -0.2) is 4.39 Å². The van der Waals surface area contributed by atoms with Crippen molar-refractivity contribution in [2.45, 2.75) is 0 Å². The maximum absolute atomic E-state index is 12.6. The van der Waals surface area contributed by atoms with Gasteiger partial charge in [0.1, 0.15) is 11.0 Å². The molecule has 4 rings (SSSR count). The molecular weight excluding hydrogens is 287 g/mol. The van der Waals surface area contributed by atoms with Crippen molar-refractivity contribution in [3.8, 4) is 0 Å². The molecule has 2 heterocycles. The van der Waals surface area contributed by atoms with Gasteiger partial charge in [0, 0.05) is 22.5 Å². The maximum Gasteiger partial charge on any atom is 0.125 e. The Hall–Kier alpha value is -2.39. The van der Waals surface area contributed by atoms with Gasteiger partial charge < -0.3 is 4.98 Å². The van der Waals surface area contributed by atoms with Gasteiger partial charge in [-0.2, -0.15) is 0 Å². The number of hydrogen-bond donors (Lipinski definition) is 1. The summed E-state index contributed by atoms with van der Waals surface area (Å²) < 4.78 is 12.6. The number of nitrogens with zero attached hydrogens (tertiary/aromatic N) is 1. The van der Waals surface area contributed by atoms with Crippen LogP contribution in [0.15, 0.2) is 66.9 Å². The Morgan fingerprint density at radius 2 is 1.71 bits per heavy atom. The van der Waals surface area contributed by atoms with Gasteiger partial charge in [0.15, 0.2) is 0 Å². The number of hydrogen-bond acceptors (Lipinski definition) is 1. The standard InChI is InChI=1S/C9H7N.C8H5ClFN/c1-2-6-9-8(4-1)5-3-7-10-9;9-8-3-5-1-2-6(10)4-7(5)11-8/h1-7H;1-4,11H. The van der Waals surface area contributed by atoms with E-state index in [0.717, 1.165) is 16.4 Å².